The molecule has 0 atom stereocenters. The molecule has 0 bridgehead atoms. The van der Waals surface area contributed by atoms with Crippen LogP contribution in [0.15, 0.2) is 30.5 Å². The van der Waals surface area contributed by atoms with E-state index in [-0.39, 0.29) is 5.91 Å². The van der Waals surface area contributed by atoms with Gasteiger partial charge in [-0.05, 0) is 24.5 Å². The van der Waals surface area contributed by atoms with Crippen molar-refractivity contribution in [2.24, 2.45) is 0 Å². The molecule has 1 aromatic carbocycles. The lowest BCUT2D eigenvalue weighted by molar-refractivity contribution is -0.120. The molecule has 1 amide bonds. The fourth-order valence-corrected chi connectivity index (χ4v) is 2.16. The van der Waals surface area contributed by atoms with E-state index < -0.39 is 0 Å². The van der Waals surface area contributed by atoms with Crippen LogP contribution in [-0.4, -0.2) is 30.6 Å². The molecule has 2 N–H and O–H groups in total. The number of H-pyrrole nitrogens is 1. The minimum absolute atomic E-state index is 0.0604. The molecule has 0 fully saturated rings. The molecule has 0 aliphatic carbocycles. The van der Waals surface area contributed by atoms with Crippen LogP contribution in [0.2, 0.25) is 0 Å². The summed E-state index contributed by atoms with van der Waals surface area (Å²) < 4.78 is 5.37. The van der Waals surface area contributed by atoms with Gasteiger partial charge in [0.05, 0.1) is 6.42 Å². The van der Waals surface area contributed by atoms with Gasteiger partial charge in [0.15, 0.2) is 0 Å². The minimum atomic E-state index is 0.0604. The Hall–Kier alpha value is -1.81. The lowest BCUT2D eigenvalue weighted by Crippen LogP contribution is -2.26. The van der Waals surface area contributed by atoms with Gasteiger partial charge >= 0.3 is 0 Å². The highest BCUT2D eigenvalue weighted by Gasteiger charge is 2.07. The smallest absolute Gasteiger partial charge is 0.224 e. The van der Waals surface area contributed by atoms with E-state index in [2.05, 4.69) is 17.2 Å². The van der Waals surface area contributed by atoms with Crippen LogP contribution in [0.3, 0.4) is 0 Å². The predicted molar refractivity (Wildman–Crippen MR) is 80.7 cm³/mol. The van der Waals surface area contributed by atoms with Gasteiger partial charge in [0.25, 0.3) is 0 Å². The van der Waals surface area contributed by atoms with Gasteiger partial charge < -0.3 is 15.0 Å². The van der Waals surface area contributed by atoms with Crippen molar-refractivity contribution in [3.8, 4) is 0 Å². The van der Waals surface area contributed by atoms with Crippen LogP contribution in [-0.2, 0) is 16.0 Å². The second-order valence-electron chi connectivity index (χ2n) is 4.85. The number of hydrogen-bond acceptors (Lipinski definition) is 2. The number of carbonyl (C=O) groups excluding carboxylic acids is 1. The van der Waals surface area contributed by atoms with Crippen LogP contribution in [0, 0.1) is 0 Å². The van der Waals surface area contributed by atoms with E-state index in [1.54, 1.807) is 0 Å². The van der Waals surface area contributed by atoms with Crippen molar-refractivity contribution >= 4 is 16.8 Å². The number of benzene rings is 1. The highest BCUT2D eigenvalue weighted by Crippen LogP contribution is 2.17. The minimum Gasteiger partial charge on any atom is -0.381 e. The summed E-state index contributed by atoms with van der Waals surface area (Å²) in [7, 11) is 0. The Labute approximate surface area is 119 Å². The number of aromatic amines is 1. The molecule has 108 valence electrons. The molecule has 0 aliphatic heterocycles. The third kappa shape index (κ3) is 4.10. The molecule has 0 unspecified atom stereocenters. The first-order chi connectivity index (χ1) is 9.81. The number of hydrogen-bond donors (Lipinski definition) is 2. The Balaban J connectivity index is 1.74. The molecular formula is C16H22N2O2. The van der Waals surface area contributed by atoms with E-state index in [4.69, 9.17) is 4.74 Å². The zero-order valence-corrected chi connectivity index (χ0v) is 11.9. The Morgan fingerprint density at radius 1 is 1.30 bits per heavy atom. The molecule has 1 aromatic heterocycles. The molecule has 0 aliphatic rings. The average molecular weight is 274 g/mol. The van der Waals surface area contributed by atoms with Crippen LogP contribution in [0.4, 0.5) is 0 Å². The molecule has 2 aromatic rings. The van der Waals surface area contributed by atoms with Gasteiger partial charge in [0.1, 0.15) is 0 Å². The number of para-hydroxylation sites is 1. The molecule has 4 nitrogen and oxygen atoms in total. The maximum atomic E-state index is 11.9. The van der Waals surface area contributed by atoms with Crippen molar-refractivity contribution in [3.63, 3.8) is 0 Å². The predicted octanol–water partition coefficient (Wildman–Crippen LogP) is 2.64. The third-order valence-electron chi connectivity index (χ3n) is 3.16. The molecule has 4 heteroatoms. The van der Waals surface area contributed by atoms with Crippen LogP contribution >= 0.6 is 0 Å². The molecular weight excluding hydrogens is 252 g/mol. The van der Waals surface area contributed by atoms with Gasteiger partial charge in [-0.1, -0.05) is 25.1 Å². The largest absolute Gasteiger partial charge is 0.381 e. The van der Waals surface area contributed by atoms with Crippen molar-refractivity contribution in [2.45, 2.75) is 26.2 Å². The normalized spacial score (nSPS) is 10.8. The first-order valence-corrected chi connectivity index (χ1v) is 7.20. The summed E-state index contributed by atoms with van der Waals surface area (Å²) in [6, 6.07) is 8.02. The monoisotopic (exact) mass is 274 g/mol. The zero-order chi connectivity index (χ0) is 14.2. The Morgan fingerprint density at radius 3 is 3.00 bits per heavy atom. The van der Waals surface area contributed by atoms with E-state index >= 15 is 0 Å². The van der Waals surface area contributed by atoms with Crippen LogP contribution in [0.25, 0.3) is 10.9 Å². The van der Waals surface area contributed by atoms with Gasteiger partial charge in [-0.25, -0.2) is 0 Å². The molecule has 20 heavy (non-hydrogen) atoms. The number of carbonyl (C=O) groups is 1. The van der Waals surface area contributed by atoms with Crippen molar-refractivity contribution in [2.75, 3.05) is 19.8 Å². The third-order valence-corrected chi connectivity index (χ3v) is 3.16. The van der Waals surface area contributed by atoms with Crippen LogP contribution in [0.1, 0.15) is 25.3 Å². The summed E-state index contributed by atoms with van der Waals surface area (Å²) in [5, 5.41) is 4.05. The molecule has 2 rings (SSSR count). The first-order valence-electron chi connectivity index (χ1n) is 7.20. The second kappa shape index (κ2) is 7.70. The number of amides is 1. The molecule has 0 saturated heterocycles. The van der Waals surface area contributed by atoms with Gasteiger partial charge in [0, 0.05) is 36.9 Å². The van der Waals surface area contributed by atoms with E-state index in [1.807, 2.05) is 30.5 Å². The fourth-order valence-electron chi connectivity index (χ4n) is 2.16. The maximum Gasteiger partial charge on any atom is 0.224 e. The van der Waals surface area contributed by atoms with Gasteiger partial charge in [-0.3, -0.25) is 4.79 Å². The number of ether oxygens (including phenoxy) is 1. The van der Waals surface area contributed by atoms with Gasteiger partial charge in [0.2, 0.25) is 5.91 Å². The quantitative estimate of drug-likeness (QED) is 0.727. The summed E-state index contributed by atoms with van der Waals surface area (Å²) in [4.78, 5) is 15.1. The van der Waals surface area contributed by atoms with Crippen molar-refractivity contribution in [1.82, 2.24) is 10.3 Å². The maximum absolute atomic E-state index is 11.9. The average Bonchev–Trinajstić information content (AvgIpc) is 2.86. The molecule has 1 heterocycles. The van der Waals surface area contributed by atoms with E-state index in [0.717, 1.165) is 35.9 Å². The van der Waals surface area contributed by atoms with E-state index in [9.17, 15) is 4.79 Å². The number of rotatable bonds is 8. The highest BCUT2D eigenvalue weighted by molar-refractivity contribution is 5.88. The summed E-state index contributed by atoms with van der Waals surface area (Å²) in [6.45, 7) is 4.26. The fraction of sp³-hybridized carbons (Fsp3) is 0.438. The molecule has 0 saturated carbocycles. The molecule has 0 spiro atoms. The number of nitrogens with one attached hydrogen (secondary N) is 2. The topological polar surface area (TPSA) is 54.1 Å². The summed E-state index contributed by atoms with van der Waals surface area (Å²) >= 11 is 0. The summed E-state index contributed by atoms with van der Waals surface area (Å²) in [5.41, 5.74) is 2.11. The highest BCUT2D eigenvalue weighted by atomic mass is 16.5. The number of fused-ring (bicyclic) bond motifs is 1. The van der Waals surface area contributed by atoms with Crippen LogP contribution in [0.5, 0.6) is 0 Å². The van der Waals surface area contributed by atoms with E-state index in [1.165, 1.54) is 0 Å². The SMILES string of the molecule is CCCOCCCNC(=O)Cc1c[nH]c2ccccc12. The summed E-state index contributed by atoms with van der Waals surface area (Å²) in [6.07, 6.45) is 4.22. The lowest BCUT2D eigenvalue weighted by atomic mass is 10.1. The lowest BCUT2D eigenvalue weighted by Gasteiger charge is -2.05. The zero-order valence-electron chi connectivity index (χ0n) is 11.9. The first kappa shape index (κ1) is 14.6. The number of aromatic nitrogens is 1. The Morgan fingerprint density at radius 2 is 2.15 bits per heavy atom. The van der Waals surface area contributed by atoms with Crippen molar-refractivity contribution in [3.05, 3.63) is 36.0 Å². The Bertz CT molecular complexity index is 548. The summed E-state index contributed by atoms with van der Waals surface area (Å²) in [5.74, 6) is 0.0604. The van der Waals surface area contributed by atoms with Crippen molar-refractivity contribution in [1.29, 1.82) is 0 Å². The standard InChI is InChI=1S/C16H22N2O2/c1-2-9-20-10-5-8-17-16(19)11-13-12-18-15-7-4-3-6-14(13)15/h3-4,6-7,12,18H,2,5,8-11H2,1H3,(H,17,19). The second-order valence-corrected chi connectivity index (χ2v) is 4.85. The van der Waals surface area contributed by atoms with Gasteiger partial charge in [-0.2, -0.15) is 0 Å². The molecule has 0 radical (unpaired) electrons. The van der Waals surface area contributed by atoms with Gasteiger partial charge in [-0.15, -0.1) is 0 Å². The van der Waals surface area contributed by atoms with Crippen molar-refractivity contribution < 1.29 is 9.53 Å². The van der Waals surface area contributed by atoms with Crippen LogP contribution < -0.4 is 5.32 Å². The Kier molecular flexibility index (Phi) is 5.62. The van der Waals surface area contributed by atoms with E-state index in [0.29, 0.717) is 19.6 Å².